The van der Waals surface area contributed by atoms with Crippen LogP contribution in [0.4, 0.5) is 17.1 Å². The van der Waals surface area contributed by atoms with Gasteiger partial charge in [-0.2, -0.15) is 0 Å². The van der Waals surface area contributed by atoms with Gasteiger partial charge in [-0.05, 0) is 85.2 Å². The van der Waals surface area contributed by atoms with Crippen LogP contribution in [0, 0.1) is 0 Å². The molecule has 0 aromatic heterocycles. The van der Waals surface area contributed by atoms with Gasteiger partial charge in [0.15, 0.2) is 0 Å². The predicted molar refractivity (Wildman–Crippen MR) is 178 cm³/mol. The molecule has 0 saturated heterocycles. The first-order valence-electron chi connectivity index (χ1n) is 14.1. The lowest BCUT2D eigenvalue weighted by Gasteiger charge is -2.28. The van der Waals surface area contributed by atoms with E-state index in [1.54, 1.807) is 0 Å². The first-order chi connectivity index (χ1) is 20.3. The lowest BCUT2D eigenvalue weighted by Crippen LogP contribution is -2.10. The molecule has 8 rings (SSSR count). The molecule has 0 fully saturated rings. The van der Waals surface area contributed by atoms with Crippen molar-refractivity contribution in [2.75, 3.05) is 4.90 Å². The summed E-state index contributed by atoms with van der Waals surface area (Å²) in [5.41, 5.74) is 5.92. The minimum atomic E-state index is 1.15. The number of nitrogens with zero attached hydrogens (tertiary/aromatic N) is 1. The van der Waals surface area contributed by atoms with Crippen LogP contribution < -0.4 is 4.90 Å². The van der Waals surface area contributed by atoms with Gasteiger partial charge in [-0.15, -0.1) is 0 Å². The molecule has 1 heteroatoms. The molecule has 0 aliphatic rings. The van der Waals surface area contributed by atoms with Crippen LogP contribution in [0.25, 0.3) is 55.2 Å². The van der Waals surface area contributed by atoms with Gasteiger partial charge in [-0.25, -0.2) is 0 Å². The third-order valence-electron chi connectivity index (χ3n) is 8.15. The highest BCUT2D eigenvalue weighted by atomic mass is 15.1. The van der Waals surface area contributed by atoms with E-state index in [4.69, 9.17) is 0 Å². The van der Waals surface area contributed by atoms with Crippen molar-refractivity contribution in [3.8, 4) is 0 Å². The fourth-order valence-electron chi connectivity index (χ4n) is 6.24. The molecule has 0 aliphatic carbocycles. The molecule has 41 heavy (non-hydrogen) atoms. The van der Waals surface area contributed by atoms with E-state index in [9.17, 15) is 0 Å². The fraction of sp³-hybridized carbons (Fsp3) is 0. The quantitative estimate of drug-likeness (QED) is 0.161. The molecule has 0 spiro atoms. The molecule has 0 heterocycles. The molecule has 0 bridgehead atoms. The Kier molecular flexibility index (Phi) is 5.53. The van der Waals surface area contributed by atoms with E-state index >= 15 is 0 Å². The molecule has 0 radical (unpaired) electrons. The molecule has 1 nitrogen and oxygen atoms in total. The molecule has 0 atom stereocenters. The Labute approximate surface area is 239 Å². The Bertz CT molecular complexity index is 2150. The third-order valence-corrected chi connectivity index (χ3v) is 8.15. The van der Waals surface area contributed by atoms with E-state index in [1.165, 1.54) is 59.9 Å². The minimum absolute atomic E-state index is 1.15. The van der Waals surface area contributed by atoms with Crippen molar-refractivity contribution in [1.29, 1.82) is 0 Å². The molecule has 8 aromatic rings. The summed E-state index contributed by atoms with van der Waals surface area (Å²) in [7, 11) is 0. The standard InChI is InChI=1S/C40H27N/c1-3-13-34(14-4-1)41(35-15-5-2-6-16-35)38-27-33-23-22-30(21-19-28-18-20-29-10-7-8-11-32(29)26-28)36-25-24-31-12-9-17-37(38)39(31)40(33)36/h1-27H/b21-19+. The zero-order valence-corrected chi connectivity index (χ0v) is 22.5. The van der Waals surface area contributed by atoms with Crippen LogP contribution in [0.3, 0.4) is 0 Å². The molecule has 0 aliphatic heterocycles. The summed E-state index contributed by atoms with van der Waals surface area (Å²) in [5, 5.41) is 10.2. The second kappa shape index (κ2) is 9.66. The fourth-order valence-corrected chi connectivity index (χ4v) is 6.24. The zero-order chi connectivity index (χ0) is 27.2. The van der Waals surface area contributed by atoms with Crippen molar-refractivity contribution in [3.63, 3.8) is 0 Å². The van der Waals surface area contributed by atoms with Gasteiger partial charge in [0.2, 0.25) is 0 Å². The van der Waals surface area contributed by atoms with E-state index in [2.05, 4.69) is 169 Å². The second-order valence-electron chi connectivity index (χ2n) is 10.6. The Morgan fingerprint density at radius 3 is 1.80 bits per heavy atom. The van der Waals surface area contributed by atoms with Gasteiger partial charge < -0.3 is 4.90 Å². The Morgan fingerprint density at radius 2 is 1.02 bits per heavy atom. The number of anilines is 3. The van der Waals surface area contributed by atoms with Crippen molar-refractivity contribution < 1.29 is 0 Å². The van der Waals surface area contributed by atoms with Gasteiger partial charge >= 0.3 is 0 Å². The number of fused-ring (bicyclic) bond motifs is 1. The van der Waals surface area contributed by atoms with Crippen LogP contribution in [0.15, 0.2) is 152 Å². The largest absolute Gasteiger partial charge is 0.310 e. The zero-order valence-electron chi connectivity index (χ0n) is 22.5. The van der Waals surface area contributed by atoms with Gasteiger partial charge in [0.25, 0.3) is 0 Å². The summed E-state index contributed by atoms with van der Waals surface area (Å²) >= 11 is 0. The van der Waals surface area contributed by atoms with Crippen molar-refractivity contribution in [1.82, 2.24) is 0 Å². The van der Waals surface area contributed by atoms with Gasteiger partial charge in [-0.1, -0.05) is 127 Å². The van der Waals surface area contributed by atoms with E-state index in [1.807, 2.05) is 0 Å². The average molecular weight is 522 g/mol. The maximum Gasteiger partial charge on any atom is 0.0546 e. The van der Waals surface area contributed by atoms with E-state index in [0.29, 0.717) is 0 Å². The Balaban J connectivity index is 1.33. The van der Waals surface area contributed by atoms with Crippen molar-refractivity contribution in [2.24, 2.45) is 0 Å². The number of para-hydroxylation sites is 2. The predicted octanol–water partition coefficient (Wildman–Crippen LogP) is 11.4. The SMILES string of the molecule is C(=C\c1ccc2cc(N(c3ccccc3)c3ccccc3)c3cccc4ccc1c2c43)/c1ccc2ccccc2c1. The molecule has 0 amide bonds. The second-order valence-corrected chi connectivity index (χ2v) is 10.6. The summed E-state index contributed by atoms with van der Waals surface area (Å²) in [6.45, 7) is 0. The van der Waals surface area contributed by atoms with Gasteiger partial charge in [0, 0.05) is 16.8 Å². The van der Waals surface area contributed by atoms with Gasteiger partial charge in [0.05, 0.1) is 5.69 Å². The molecule has 0 N–H and O–H groups in total. The number of rotatable bonds is 5. The highest BCUT2D eigenvalue weighted by Gasteiger charge is 2.19. The normalized spacial score (nSPS) is 11.8. The van der Waals surface area contributed by atoms with Crippen LogP contribution in [0.2, 0.25) is 0 Å². The van der Waals surface area contributed by atoms with Crippen LogP contribution in [0.5, 0.6) is 0 Å². The molecular weight excluding hydrogens is 494 g/mol. The molecular formula is C40H27N. The summed E-state index contributed by atoms with van der Waals surface area (Å²) in [5.74, 6) is 0. The minimum Gasteiger partial charge on any atom is -0.310 e. The number of hydrogen-bond donors (Lipinski definition) is 0. The van der Waals surface area contributed by atoms with E-state index in [-0.39, 0.29) is 0 Å². The van der Waals surface area contributed by atoms with Crippen molar-refractivity contribution in [2.45, 2.75) is 0 Å². The molecule has 192 valence electrons. The third kappa shape index (κ3) is 4.02. The van der Waals surface area contributed by atoms with E-state index in [0.717, 1.165) is 11.4 Å². The maximum absolute atomic E-state index is 2.38. The van der Waals surface area contributed by atoms with Crippen LogP contribution in [-0.4, -0.2) is 0 Å². The Morgan fingerprint density at radius 1 is 0.390 bits per heavy atom. The van der Waals surface area contributed by atoms with Gasteiger partial charge in [0.1, 0.15) is 0 Å². The van der Waals surface area contributed by atoms with Crippen LogP contribution >= 0.6 is 0 Å². The molecule has 0 saturated carbocycles. The lowest BCUT2D eigenvalue weighted by atomic mass is 9.90. The van der Waals surface area contributed by atoms with Crippen LogP contribution in [0.1, 0.15) is 11.1 Å². The summed E-state index contributed by atoms with van der Waals surface area (Å²) in [4.78, 5) is 2.38. The van der Waals surface area contributed by atoms with Crippen LogP contribution in [-0.2, 0) is 0 Å². The molecule has 8 aromatic carbocycles. The van der Waals surface area contributed by atoms with E-state index < -0.39 is 0 Å². The monoisotopic (exact) mass is 521 g/mol. The molecule has 0 unspecified atom stereocenters. The summed E-state index contributed by atoms with van der Waals surface area (Å²) in [6, 6.07) is 54.7. The maximum atomic E-state index is 2.38. The van der Waals surface area contributed by atoms with Crippen molar-refractivity contribution in [3.05, 3.63) is 163 Å². The Hall–Kier alpha value is -5.40. The highest BCUT2D eigenvalue weighted by Crippen LogP contribution is 2.45. The summed E-state index contributed by atoms with van der Waals surface area (Å²) < 4.78 is 0. The van der Waals surface area contributed by atoms with Crippen molar-refractivity contribution >= 4 is 72.3 Å². The smallest absolute Gasteiger partial charge is 0.0546 e. The average Bonchev–Trinajstić information content (AvgIpc) is 3.04. The highest BCUT2D eigenvalue weighted by molar-refractivity contribution is 6.27. The number of hydrogen-bond acceptors (Lipinski definition) is 1. The first kappa shape index (κ1) is 23.5. The lowest BCUT2D eigenvalue weighted by molar-refractivity contribution is 1.30. The van der Waals surface area contributed by atoms with Gasteiger partial charge in [-0.3, -0.25) is 0 Å². The topological polar surface area (TPSA) is 3.24 Å². The first-order valence-corrected chi connectivity index (χ1v) is 14.1. The number of benzene rings is 8. The summed E-state index contributed by atoms with van der Waals surface area (Å²) in [6.07, 6.45) is 4.49.